The third-order valence-corrected chi connectivity index (χ3v) is 5.08. The average molecular weight is 287 g/mol. The zero-order chi connectivity index (χ0) is 14.1. The quantitative estimate of drug-likeness (QED) is 0.939. The van der Waals surface area contributed by atoms with E-state index < -0.39 is 0 Å². The fourth-order valence-electron chi connectivity index (χ4n) is 2.99. The van der Waals surface area contributed by atoms with Crippen molar-refractivity contribution in [3.63, 3.8) is 0 Å². The molecule has 0 spiro atoms. The van der Waals surface area contributed by atoms with Gasteiger partial charge in [0.2, 0.25) is 0 Å². The van der Waals surface area contributed by atoms with Crippen LogP contribution in [0.5, 0.6) is 0 Å². The molecule has 0 aliphatic heterocycles. The molecule has 1 atom stereocenters. The van der Waals surface area contributed by atoms with E-state index in [1.807, 2.05) is 24.6 Å². The van der Waals surface area contributed by atoms with Gasteiger partial charge in [-0.1, -0.05) is 6.07 Å². The lowest BCUT2D eigenvalue weighted by Crippen LogP contribution is -2.20. The molecule has 0 saturated heterocycles. The van der Waals surface area contributed by atoms with E-state index in [2.05, 4.69) is 30.2 Å². The first-order chi connectivity index (χ1) is 9.69. The first-order valence-corrected chi connectivity index (χ1v) is 8.08. The van der Waals surface area contributed by atoms with Gasteiger partial charge < -0.3 is 5.32 Å². The maximum atomic E-state index is 4.93. The van der Waals surface area contributed by atoms with Gasteiger partial charge in [0.1, 0.15) is 10.7 Å². The van der Waals surface area contributed by atoms with Gasteiger partial charge in [0.25, 0.3) is 0 Å². The number of hydrogen-bond acceptors (Lipinski definition) is 4. The second-order valence-electron chi connectivity index (χ2n) is 5.65. The second-order valence-corrected chi connectivity index (χ2v) is 6.74. The van der Waals surface area contributed by atoms with E-state index in [0.29, 0.717) is 5.92 Å². The van der Waals surface area contributed by atoms with Gasteiger partial charge in [-0.15, -0.1) is 11.3 Å². The molecule has 0 aromatic carbocycles. The van der Waals surface area contributed by atoms with Gasteiger partial charge in [-0.25, -0.2) is 4.98 Å². The smallest absolute Gasteiger partial charge is 0.142 e. The lowest BCUT2D eigenvalue weighted by molar-refractivity contribution is 0.523. The third kappa shape index (κ3) is 2.50. The van der Waals surface area contributed by atoms with Gasteiger partial charge in [0, 0.05) is 23.5 Å². The molecule has 3 rings (SSSR count). The zero-order valence-electron chi connectivity index (χ0n) is 12.4. The highest BCUT2D eigenvalue weighted by Gasteiger charge is 2.25. The van der Waals surface area contributed by atoms with Crippen LogP contribution in [0.15, 0.2) is 12.3 Å². The molecule has 106 valence electrons. The maximum Gasteiger partial charge on any atom is 0.142 e. The molecule has 1 N–H and O–H groups in total. The van der Waals surface area contributed by atoms with Crippen LogP contribution in [0.4, 0.5) is 0 Å². The van der Waals surface area contributed by atoms with Crippen molar-refractivity contribution in [3.8, 4) is 10.7 Å². The summed E-state index contributed by atoms with van der Waals surface area (Å²) in [5, 5.41) is 4.39. The van der Waals surface area contributed by atoms with Crippen LogP contribution in [0.25, 0.3) is 10.7 Å². The van der Waals surface area contributed by atoms with Crippen molar-refractivity contribution < 1.29 is 0 Å². The molecule has 4 heteroatoms. The van der Waals surface area contributed by atoms with E-state index in [-0.39, 0.29) is 0 Å². The summed E-state index contributed by atoms with van der Waals surface area (Å²) in [7, 11) is 2.02. The summed E-state index contributed by atoms with van der Waals surface area (Å²) in [6.07, 6.45) is 5.64. The first-order valence-electron chi connectivity index (χ1n) is 7.27. The summed E-state index contributed by atoms with van der Waals surface area (Å²) in [6, 6.07) is 2.19. The molecule has 20 heavy (non-hydrogen) atoms. The van der Waals surface area contributed by atoms with Crippen molar-refractivity contribution in [1.82, 2.24) is 15.3 Å². The molecule has 0 saturated carbocycles. The minimum atomic E-state index is 0.569. The molecule has 2 aromatic rings. The number of hydrogen-bond donors (Lipinski definition) is 1. The Bertz CT molecular complexity index is 618. The lowest BCUT2D eigenvalue weighted by Gasteiger charge is -2.20. The molecule has 0 fully saturated rings. The van der Waals surface area contributed by atoms with Crippen LogP contribution in [0.3, 0.4) is 0 Å². The van der Waals surface area contributed by atoms with Gasteiger partial charge in [0.15, 0.2) is 0 Å². The maximum absolute atomic E-state index is 4.93. The lowest BCUT2D eigenvalue weighted by atomic mass is 9.91. The van der Waals surface area contributed by atoms with Crippen LogP contribution in [0, 0.1) is 13.8 Å². The minimum absolute atomic E-state index is 0.569. The molecule has 2 aromatic heterocycles. The second kappa shape index (κ2) is 5.62. The summed E-state index contributed by atoms with van der Waals surface area (Å²) in [6.45, 7) is 5.23. The van der Waals surface area contributed by atoms with E-state index in [0.717, 1.165) is 17.2 Å². The van der Waals surface area contributed by atoms with E-state index in [1.165, 1.54) is 41.0 Å². The summed E-state index contributed by atoms with van der Waals surface area (Å²) < 4.78 is 0. The third-order valence-electron chi connectivity index (χ3n) is 3.94. The number of aromatic nitrogens is 2. The number of fused-ring (bicyclic) bond motifs is 1. The number of nitrogens with zero attached hydrogens (tertiary/aromatic N) is 2. The Morgan fingerprint density at radius 2 is 2.25 bits per heavy atom. The summed E-state index contributed by atoms with van der Waals surface area (Å²) >= 11 is 1.84. The van der Waals surface area contributed by atoms with Crippen molar-refractivity contribution in [2.24, 2.45) is 0 Å². The normalized spacial score (nSPS) is 18.1. The van der Waals surface area contributed by atoms with Crippen LogP contribution >= 0.6 is 11.3 Å². The Morgan fingerprint density at radius 3 is 3.00 bits per heavy atom. The number of nitrogens with one attached hydrogen (secondary N) is 1. The van der Waals surface area contributed by atoms with Crippen molar-refractivity contribution >= 4 is 11.3 Å². The van der Waals surface area contributed by atoms with Crippen molar-refractivity contribution in [1.29, 1.82) is 0 Å². The van der Waals surface area contributed by atoms with Crippen LogP contribution in [-0.4, -0.2) is 23.6 Å². The van der Waals surface area contributed by atoms with Crippen molar-refractivity contribution in [2.75, 3.05) is 13.6 Å². The van der Waals surface area contributed by atoms with E-state index >= 15 is 0 Å². The largest absolute Gasteiger partial charge is 0.319 e. The van der Waals surface area contributed by atoms with Crippen LogP contribution in [0.1, 0.15) is 40.5 Å². The standard InChI is InChI=1S/C16H21N3S/c1-10-7-11(2)14(18-8-10)16-19-15-12(9-17-3)5-4-6-13(15)20-16/h7-8,12,17H,4-6,9H2,1-3H3. The van der Waals surface area contributed by atoms with Crippen LogP contribution in [0.2, 0.25) is 0 Å². The summed E-state index contributed by atoms with van der Waals surface area (Å²) in [5.74, 6) is 0.569. The monoisotopic (exact) mass is 287 g/mol. The number of aryl methyl sites for hydroxylation is 3. The fraction of sp³-hybridized carbons (Fsp3) is 0.500. The van der Waals surface area contributed by atoms with E-state index in [9.17, 15) is 0 Å². The van der Waals surface area contributed by atoms with Gasteiger partial charge in [-0.05, 0) is 51.3 Å². The highest BCUT2D eigenvalue weighted by molar-refractivity contribution is 7.15. The fourth-order valence-corrected chi connectivity index (χ4v) is 4.24. The highest BCUT2D eigenvalue weighted by atomic mass is 32.1. The molecule has 0 amide bonds. The number of likely N-dealkylation sites (N-methyl/N-ethyl adjacent to an activating group) is 1. The Morgan fingerprint density at radius 1 is 1.40 bits per heavy atom. The molecule has 1 unspecified atom stereocenters. The molecule has 1 aliphatic carbocycles. The molecular weight excluding hydrogens is 266 g/mol. The van der Waals surface area contributed by atoms with Gasteiger partial charge in [0.05, 0.1) is 5.69 Å². The SMILES string of the molecule is CNCC1CCCc2sc(-c3ncc(C)cc3C)nc21. The van der Waals surface area contributed by atoms with E-state index in [1.54, 1.807) is 0 Å². The topological polar surface area (TPSA) is 37.8 Å². The Kier molecular flexibility index (Phi) is 3.85. The van der Waals surface area contributed by atoms with Gasteiger partial charge >= 0.3 is 0 Å². The van der Waals surface area contributed by atoms with Crippen molar-refractivity contribution in [2.45, 2.75) is 39.0 Å². The predicted octanol–water partition coefficient (Wildman–Crippen LogP) is 3.46. The molecule has 0 radical (unpaired) electrons. The van der Waals surface area contributed by atoms with Crippen LogP contribution in [-0.2, 0) is 6.42 Å². The molecule has 2 heterocycles. The molecular formula is C16H21N3S. The molecule has 3 nitrogen and oxygen atoms in total. The first kappa shape index (κ1) is 13.7. The highest BCUT2D eigenvalue weighted by Crippen LogP contribution is 2.38. The van der Waals surface area contributed by atoms with E-state index in [4.69, 9.17) is 4.98 Å². The van der Waals surface area contributed by atoms with Gasteiger partial charge in [-0.3, -0.25) is 4.98 Å². The zero-order valence-corrected chi connectivity index (χ0v) is 13.2. The van der Waals surface area contributed by atoms with Gasteiger partial charge in [-0.2, -0.15) is 0 Å². The van der Waals surface area contributed by atoms with Crippen LogP contribution < -0.4 is 5.32 Å². The number of thiazole rings is 1. The summed E-state index contributed by atoms with van der Waals surface area (Å²) in [5.41, 5.74) is 4.80. The van der Waals surface area contributed by atoms with Crippen molar-refractivity contribution in [3.05, 3.63) is 34.0 Å². The Balaban J connectivity index is 2.00. The number of pyridine rings is 1. The Labute approximate surface area is 124 Å². The predicted molar refractivity (Wildman–Crippen MR) is 84.4 cm³/mol. The minimum Gasteiger partial charge on any atom is -0.319 e. The average Bonchev–Trinajstić information content (AvgIpc) is 2.83. The summed E-state index contributed by atoms with van der Waals surface area (Å²) in [4.78, 5) is 11.0. The molecule has 1 aliphatic rings. The number of rotatable bonds is 3. The Hall–Kier alpha value is -1.26. The molecule has 0 bridgehead atoms.